The zero-order valence-electron chi connectivity index (χ0n) is 13.7. The van der Waals surface area contributed by atoms with Crippen LogP contribution in [0.3, 0.4) is 0 Å². The molecule has 1 saturated heterocycles. The highest BCUT2D eigenvalue weighted by Crippen LogP contribution is 2.23. The first-order valence-electron chi connectivity index (χ1n) is 8.13. The second-order valence-corrected chi connectivity index (χ2v) is 6.62. The smallest absolute Gasteiger partial charge is 0.241 e. The average Bonchev–Trinajstić information content (AvgIpc) is 2.46. The molecule has 3 nitrogen and oxygen atoms in total. The Hall–Kier alpha value is -1.35. The number of aryl methyl sites for hydroxylation is 1. The molecule has 1 aliphatic rings. The monoisotopic (exact) mass is 288 g/mol. The number of hydrogen-bond acceptors (Lipinski definition) is 2. The summed E-state index contributed by atoms with van der Waals surface area (Å²) in [5, 5.41) is 3.04. The molecule has 1 fully saturated rings. The van der Waals surface area contributed by atoms with Crippen molar-refractivity contribution < 1.29 is 4.79 Å². The standard InChI is InChI=1S/C18H28N2O/c1-5-16-6-8-17(9-7-16)19-18(21)15(4)20-11-13(2)10-14(3)12-20/h6-9,13-15H,5,10-12H2,1-4H3,(H,19,21)/t13-,14-,15+/m0/s1. The Labute approximate surface area is 128 Å². The number of carbonyl (C=O) groups excluding carboxylic acids is 1. The van der Waals surface area contributed by atoms with E-state index in [4.69, 9.17) is 0 Å². The Morgan fingerprint density at radius 2 is 1.81 bits per heavy atom. The van der Waals surface area contributed by atoms with Crippen molar-refractivity contribution in [3.8, 4) is 0 Å². The molecule has 0 spiro atoms. The number of hydrogen-bond donors (Lipinski definition) is 1. The van der Waals surface area contributed by atoms with Gasteiger partial charge >= 0.3 is 0 Å². The number of carbonyl (C=O) groups is 1. The van der Waals surface area contributed by atoms with Crippen LogP contribution in [0.5, 0.6) is 0 Å². The molecular weight excluding hydrogens is 260 g/mol. The number of rotatable bonds is 4. The van der Waals surface area contributed by atoms with Gasteiger partial charge in [0.05, 0.1) is 6.04 Å². The first-order valence-corrected chi connectivity index (χ1v) is 8.13. The van der Waals surface area contributed by atoms with Gasteiger partial charge < -0.3 is 5.32 Å². The third kappa shape index (κ3) is 4.31. The average molecular weight is 288 g/mol. The summed E-state index contributed by atoms with van der Waals surface area (Å²) in [5.41, 5.74) is 2.18. The molecule has 2 rings (SSSR count). The van der Waals surface area contributed by atoms with E-state index in [9.17, 15) is 4.79 Å². The van der Waals surface area contributed by atoms with Crippen molar-refractivity contribution in [3.63, 3.8) is 0 Å². The molecule has 3 heteroatoms. The summed E-state index contributed by atoms with van der Waals surface area (Å²) in [6.07, 6.45) is 2.29. The SMILES string of the molecule is CCc1ccc(NC(=O)[C@@H](C)N2C[C@@H](C)C[C@H](C)C2)cc1. The summed E-state index contributed by atoms with van der Waals surface area (Å²) in [6, 6.07) is 8.06. The number of nitrogens with zero attached hydrogens (tertiary/aromatic N) is 1. The molecule has 0 aliphatic carbocycles. The van der Waals surface area contributed by atoms with Crippen molar-refractivity contribution in [1.29, 1.82) is 0 Å². The molecule has 1 aromatic carbocycles. The lowest BCUT2D eigenvalue weighted by Gasteiger charge is -2.38. The summed E-state index contributed by atoms with van der Waals surface area (Å²) >= 11 is 0. The van der Waals surface area contributed by atoms with Gasteiger partial charge in [-0.2, -0.15) is 0 Å². The Kier molecular flexibility index (Phi) is 5.40. The zero-order valence-corrected chi connectivity index (χ0v) is 13.7. The van der Waals surface area contributed by atoms with E-state index < -0.39 is 0 Å². The van der Waals surface area contributed by atoms with E-state index >= 15 is 0 Å². The lowest BCUT2D eigenvalue weighted by molar-refractivity contribution is -0.121. The van der Waals surface area contributed by atoms with Gasteiger partial charge in [-0.1, -0.05) is 32.9 Å². The van der Waals surface area contributed by atoms with Crippen LogP contribution in [-0.2, 0) is 11.2 Å². The Morgan fingerprint density at radius 1 is 1.24 bits per heavy atom. The van der Waals surface area contributed by atoms with Crippen LogP contribution in [-0.4, -0.2) is 29.9 Å². The van der Waals surface area contributed by atoms with E-state index in [-0.39, 0.29) is 11.9 Å². The summed E-state index contributed by atoms with van der Waals surface area (Å²) in [5.74, 6) is 1.45. The molecule has 1 aromatic rings. The number of amides is 1. The van der Waals surface area contributed by atoms with E-state index in [1.165, 1.54) is 12.0 Å². The molecule has 1 amide bonds. The van der Waals surface area contributed by atoms with Crippen LogP contribution in [0.25, 0.3) is 0 Å². The number of nitrogens with one attached hydrogen (secondary N) is 1. The zero-order chi connectivity index (χ0) is 15.4. The Morgan fingerprint density at radius 3 is 2.33 bits per heavy atom. The van der Waals surface area contributed by atoms with E-state index in [2.05, 4.69) is 43.1 Å². The molecule has 0 unspecified atom stereocenters. The molecule has 0 aromatic heterocycles. The lowest BCUT2D eigenvalue weighted by Crippen LogP contribution is -2.48. The summed E-state index contributed by atoms with van der Waals surface area (Å²) in [4.78, 5) is 14.7. The minimum absolute atomic E-state index is 0.0685. The quantitative estimate of drug-likeness (QED) is 0.919. The topological polar surface area (TPSA) is 32.3 Å². The maximum atomic E-state index is 12.4. The lowest BCUT2D eigenvalue weighted by atomic mass is 9.91. The fourth-order valence-electron chi connectivity index (χ4n) is 3.26. The normalized spacial score (nSPS) is 24.6. The van der Waals surface area contributed by atoms with Gasteiger partial charge in [0, 0.05) is 18.8 Å². The van der Waals surface area contributed by atoms with Crippen molar-refractivity contribution in [2.24, 2.45) is 11.8 Å². The second kappa shape index (κ2) is 7.08. The number of benzene rings is 1. The van der Waals surface area contributed by atoms with Crippen LogP contribution in [0.2, 0.25) is 0 Å². The highest BCUT2D eigenvalue weighted by atomic mass is 16.2. The minimum Gasteiger partial charge on any atom is -0.325 e. The number of anilines is 1. The molecule has 1 N–H and O–H groups in total. The van der Waals surface area contributed by atoms with Gasteiger partial charge in [-0.3, -0.25) is 9.69 Å². The van der Waals surface area contributed by atoms with Crippen molar-refractivity contribution in [1.82, 2.24) is 4.90 Å². The van der Waals surface area contributed by atoms with Crippen molar-refractivity contribution in [3.05, 3.63) is 29.8 Å². The van der Waals surface area contributed by atoms with Gasteiger partial charge in [-0.25, -0.2) is 0 Å². The first kappa shape index (κ1) is 16.0. The van der Waals surface area contributed by atoms with E-state index in [0.29, 0.717) is 11.8 Å². The van der Waals surface area contributed by atoms with Gasteiger partial charge in [0.1, 0.15) is 0 Å². The first-order chi connectivity index (χ1) is 9.99. The van der Waals surface area contributed by atoms with Gasteiger partial charge in [-0.05, 0) is 49.3 Å². The molecule has 1 aliphatic heterocycles. The Bertz CT molecular complexity index is 459. The van der Waals surface area contributed by atoms with Crippen LogP contribution < -0.4 is 5.32 Å². The number of likely N-dealkylation sites (tertiary alicyclic amines) is 1. The third-order valence-corrected chi connectivity index (χ3v) is 4.45. The van der Waals surface area contributed by atoms with Crippen molar-refractivity contribution in [2.75, 3.05) is 18.4 Å². The second-order valence-electron chi connectivity index (χ2n) is 6.62. The highest BCUT2D eigenvalue weighted by molar-refractivity contribution is 5.94. The minimum atomic E-state index is -0.0685. The van der Waals surface area contributed by atoms with Crippen LogP contribution in [0.4, 0.5) is 5.69 Å². The van der Waals surface area contributed by atoms with Crippen LogP contribution in [0.1, 0.15) is 39.7 Å². The molecule has 3 atom stereocenters. The van der Waals surface area contributed by atoms with E-state index in [1.807, 2.05) is 19.1 Å². The maximum absolute atomic E-state index is 12.4. The Balaban J connectivity index is 1.95. The fourth-order valence-corrected chi connectivity index (χ4v) is 3.26. The molecule has 21 heavy (non-hydrogen) atoms. The molecular formula is C18H28N2O. The predicted molar refractivity (Wildman–Crippen MR) is 88.4 cm³/mol. The van der Waals surface area contributed by atoms with Gasteiger partial charge in [0.2, 0.25) is 5.91 Å². The third-order valence-electron chi connectivity index (χ3n) is 4.45. The van der Waals surface area contributed by atoms with E-state index in [0.717, 1.165) is 25.2 Å². The molecule has 1 heterocycles. The molecule has 0 bridgehead atoms. The fraction of sp³-hybridized carbons (Fsp3) is 0.611. The van der Waals surface area contributed by atoms with E-state index in [1.54, 1.807) is 0 Å². The number of piperidine rings is 1. The van der Waals surface area contributed by atoms with Crippen LogP contribution in [0.15, 0.2) is 24.3 Å². The summed E-state index contributed by atoms with van der Waals surface area (Å²) < 4.78 is 0. The molecule has 0 radical (unpaired) electrons. The largest absolute Gasteiger partial charge is 0.325 e. The van der Waals surface area contributed by atoms with Gasteiger partial charge in [0.15, 0.2) is 0 Å². The summed E-state index contributed by atoms with van der Waals surface area (Å²) in [7, 11) is 0. The van der Waals surface area contributed by atoms with Gasteiger partial charge in [-0.15, -0.1) is 0 Å². The van der Waals surface area contributed by atoms with Gasteiger partial charge in [0.25, 0.3) is 0 Å². The molecule has 116 valence electrons. The van der Waals surface area contributed by atoms with Crippen molar-refractivity contribution in [2.45, 2.75) is 46.6 Å². The summed E-state index contributed by atoms with van der Waals surface area (Å²) in [6.45, 7) is 10.7. The van der Waals surface area contributed by atoms with Crippen molar-refractivity contribution >= 4 is 11.6 Å². The highest BCUT2D eigenvalue weighted by Gasteiger charge is 2.28. The maximum Gasteiger partial charge on any atom is 0.241 e. The predicted octanol–water partition coefficient (Wildman–Crippen LogP) is 3.55. The van der Waals surface area contributed by atoms with Crippen LogP contribution >= 0.6 is 0 Å². The molecule has 0 saturated carbocycles. The van der Waals surface area contributed by atoms with Crippen LogP contribution in [0, 0.1) is 11.8 Å².